The van der Waals surface area contributed by atoms with Gasteiger partial charge in [0.1, 0.15) is 0 Å². The zero-order valence-electron chi connectivity index (χ0n) is 9.38. The molecule has 14 heavy (non-hydrogen) atoms. The summed E-state index contributed by atoms with van der Waals surface area (Å²) in [7, 11) is 0. The first-order chi connectivity index (χ1) is 7.00. The summed E-state index contributed by atoms with van der Waals surface area (Å²) in [4.78, 5) is 0. The van der Waals surface area contributed by atoms with Crippen molar-refractivity contribution in [3.05, 3.63) is 0 Å². The molecule has 1 rings (SSSR count). The van der Waals surface area contributed by atoms with Crippen LogP contribution in [-0.4, -0.2) is 13.1 Å². The minimum absolute atomic E-state index is 0.958. The van der Waals surface area contributed by atoms with Crippen molar-refractivity contribution in [2.45, 2.75) is 64.2 Å². The van der Waals surface area contributed by atoms with Crippen LogP contribution < -0.4 is 0 Å². The summed E-state index contributed by atoms with van der Waals surface area (Å²) in [5.74, 6) is 0. The maximum absolute atomic E-state index is 4.18. The second kappa shape index (κ2) is 9.17. The summed E-state index contributed by atoms with van der Waals surface area (Å²) >= 11 is 0. The summed E-state index contributed by atoms with van der Waals surface area (Å²) in [5.41, 5.74) is 0. The lowest BCUT2D eigenvalue weighted by Crippen LogP contribution is -1.87. The molecule has 0 atom stereocenters. The summed E-state index contributed by atoms with van der Waals surface area (Å²) in [5, 5.41) is 8.37. The lowest BCUT2D eigenvalue weighted by Gasteiger charge is -2.02. The molecule has 0 aliphatic carbocycles. The molecule has 2 heteroatoms. The Morgan fingerprint density at radius 1 is 0.357 bits per heavy atom. The fraction of sp³-hybridized carbons (Fsp3) is 1.00. The third kappa shape index (κ3) is 7.05. The molecular weight excluding hydrogens is 172 g/mol. The fourth-order valence-electron chi connectivity index (χ4n) is 1.92. The molecule has 1 heterocycles. The molecule has 0 aromatic carbocycles. The highest BCUT2D eigenvalue weighted by Crippen LogP contribution is 2.11. The van der Waals surface area contributed by atoms with E-state index in [0.717, 1.165) is 13.1 Å². The topological polar surface area (TPSA) is 24.7 Å². The van der Waals surface area contributed by atoms with Crippen molar-refractivity contribution < 1.29 is 0 Å². The second-order valence-electron chi connectivity index (χ2n) is 4.27. The van der Waals surface area contributed by atoms with E-state index in [0.29, 0.717) is 0 Å². The normalized spacial score (nSPS) is 22.9. The Balaban J connectivity index is 2.09. The Morgan fingerprint density at radius 2 is 0.643 bits per heavy atom. The van der Waals surface area contributed by atoms with E-state index in [-0.39, 0.29) is 0 Å². The van der Waals surface area contributed by atoms with E-state index in [4.69, 9.17) is 0 Å². The highest BCUT2D eigenvalue weighted by molar-refractivity contribution is 4.51. The van der Waals surface area contributed by atoms with Gasteiger partial charge in [-0.25, -0.2) is 0 Å². The minimum Gasteiger partial charge on any atom is -0.194 e. The standard InChI is InChI=1S/C12H24N2/c1-2-4-6-8-10-12-14-13-11-9-7-5-3-1/h1-12H2. The number of hydrogen-bond donors (Lipinski definition) is 0. The maximum atomic E-state index is 4.18. The Labute approximate surface area is 88.2 Å². The molecule has 0 amide bonds. The van der Waals surface area contributed by atoms with Gasteiger partial charge in [-0.2, -0.15) is 10.2 Å². The van der Waals surface area contributed by atoms with Gasteiger partial charge in [0.05, 0.1) is 13.1 Å². The van der Waals surface area contributed by atoms with Gasteiger partial charge in [-0.3, -0.25) is 0 Å². The predicted octanol–water partition coefficient (Wildman–Crippen LogP) is 4.35. The number of azo groups is 1. The Morgan fingerprint density at radius 3 is 1.00 bits per heavy atom. The molecule has 0 N–H and O–H groups in total. The van der Waals surface area contributed by atoms with Crippen LogP contribution in [0.25, 0.3) is 0 Å². The van der Waals surface area contributed by atoms with E-state index in [1.165, 1.54) is 64.2 Å². The molecule has 1 aliphatic rings. The van der Waals surface area contributed by atoms with Gasteiger partial charge in [0.2, 0.25) is 0 Å². The largest absolute Gasteiger partial charge is 0.194 e. The Kier molecular flexibility index (Phi) is 7.64. The van der Waals surface area contributed by atoms with Gasteiger partial charge in [-0.05, 0) is 12.8 Å². The van der Waals surface area contributed by atoms with Crippen molar-refractivity contribution in [3.63, 3.8) is 0 Å². The van der Waals surface area contributed by atoms with Crippen LogP contribution in [0.4, 0.5) is 0 Å². The predicted molar refractivity (Wildman–Crippen MR) is 60.8 cm³/mol. The van der Waals surface area contributed by atoms with Crippen molar-refractivity contribution in [1.29, 1.82) is 0 Å². The smallest absolute Gasteiger partial charge is 0.0598 e. The van der Waals surface area contributed by atoms with E-state index >= 15 is 0 Å². The molecule has 0 saturated heterocycles. The van der Waals surface area contributed by atoms with Crippen LogP contribution in [0.3, 0.4) is 0 Å². The van der Waals surface area contributed by atoms with Gasteiger partial charge >= 0.3 is 0 Å². The SMILES string of the molecule is C1CCCCCCN=NCCCCC1. The van der Waals surface area contributed by atoms with Crippen molar-refractivity contribution in [2.24, 2.45) is 10.2 Å². The van der Waals surface area contributed by atoms with Crippen LogP contribution in [0.15, 0.2) is 10.2 Å². The number of rotatable bonds is 0. The average Bonchev–Trinajstić information content (AvgIpc) is 2.22. The van der Waals surface area contributed by atoms with E-state index in [1.54, 1.807) is 0 Å². The van der Waals surface area contributed by atoms with E-state index in [2.05, 4.69) is 10.2 Å². The zero-order chi connectivity index (χ0) is 9.90. The van der Waals surface area contributed by atoms with Gasteiger partial charge in [0.15, 0.2) is 0 Å². The molecule has 0 fully saturated rings. The van der Waals surface area contributed by atoms with Gasteiger partial charge < -0.3 is 0 Å². The van der Waals surface area contributed by atoms with E-state index in [9.17, 15) is 0 Å². The lowest BCUT2D eigenvalue weighted by molar-refractivity contribution is 0.543. The monoisotopic (exact) mass is 196 g/mol. The summed E-state index contributed by atoms with van der Waals surface area (Å²) in [6.07, 6.45) is 13.7. The van der Waals surface area contributed by atoms with Crippen molar-refractivity contribution >= 4 is 0 Å². The first-order valence-electron chi connectivity index (χ1n) is 6.33. The van der Waals surface area contributed by atoms with Gasteiger partial charge in [-0.15, -0.1) is 0 Å². The van der Waals surface area contributed by atoms with Gasteiger partial charge in [0, 0.05) is 0 Å². The van der Waals surface area contributed by atoms with Crippen molar-refractivity contribution in [3.8, 4) is 0 Å². The maximum Gasteiger partial charge on any atom is 0.0598 e. The molecular formula is C12H24N2. The Hall–Kier alpha value is -0.400. The Bertz CT molecular complexity index is 127. The minimum atomic E-state index is 0.958. The average molecular weight is 196 g/mol. The molecule has 0 saturated carbocycles. The summed E-state index contributed by atoms with van der Waals surface area (Å²) in [6, 6.07) is 0. The second-order valence-corrected chi connectivity index (χ2v) is 4.27. The fourth-order valence-corrected chi connectivity index (χ4v) is 1.92. The third-order valence-corrected chi connectivity index (χ3v) is 2.87. The van der Waals surface area contributed by atoms with Crippen LogP contribution in [0.2, 0.25) is 0 Å². The van der Waals surface area contributed by atoms with Crippen LogP contribution in [-0.2, 0) is 0 Å². The summed E-state index contributed by atoms with van der Waals surface area (Å²) < 4.78 is 0. The first kappa shape index (κ1) is 11.7. The highest BCUT2D eigenvalue weighted by Gasteiger charge is 1.94. The van der Waals surface area contributed by atoms with E-state index < -0.39 is 0 Å². The molecule has 1 aliphatic heterocycles. The van der Waals surface area contributed by atoms with Crippen molar-refractivity contribution in [2.75, 3.05) is 13.1 Å². The van der Waals surface area contributed by atoms with E-state index in [1.807, 2.05) is 0 Å². The van der Waals surface area contributed by atoms with Gasteiger partial charge in [0.25, 0.3) is 0 Å². The van der Waals surface area contributed by atoms with Crippen LogP contribution in [0.1, 0.15) is 64.2 Å². The third-order valence-electron chi connectivity index (χ3n) is 2.87. The molecule has 0 bridgehead atoms. The van der Waals surface area contributed by atoms with Gasteiger partial charge in [-0.1, -0.05) is 51.4 Å². The molecule has 0 spiro atoms. The zero-order valence-corrected chi connectivity index (χ0v) is 9.38. The molecule has 0 unspecified atom stereocenters. The lowest BCUT2D eigenvalue weighted by atomic mass is 10.1. The molecule has 0 radical (unpaired) electrons. The first-order valence-corrected chi connectivity index (χ1v) is 6.33. The molecule has 82 valence electrons. The number of nitrogens with zero attached hydrogens (tertiary/aromatic N) is 2. The highest BCUT2D eigenvalue weighted by atomic mass is 15.1. The van der Waals surface area contributed by atoms with Crippen molar-refractivity contribution in [1.82, 2.24) is 0 Å². The molecule has 0 aromatic heterocycles. The molecule has 0 aromatic rings. The molecule has 2 nitrogen and oxygen atoms in total. The van der Waals surface area contributed by atoms with Crippen LogP contribution in [0, 0.1) is 0 Å². The number of hydrogen-bond acceptors (Lipinski definition) is 2. The van der Waals surface area contributed by atoms with Crippen LogP contribution >= 0.6 is 0 Å². The quantitative estimate of drug-likeness (QED) is 0.550. The van der Waals surface area contributed by atoms with Crippen LogP contribution in [0.5, 0.6) is 0 Å². The summed E-state index contributed by atoms with van der Waals surface area (Å²) in [6.45, 7) is 1.92.